The Morgan fingerprint density at radius 3 is 2.47 bits per heavy atom. The number of ketones is 1. The van der Waals surface area contributed by atoms with Gasteiger partial charge in [-0.1, -0.05) is 0 Å². The molecule has 1 unspecified atom stereocenters. The molecule has 1 heterocycles. The van der Waals surface area contributed by atoms with Gasteiger partial charge in [-0.15, -0.1) is 11.3 Å². The van der Waals surface area contributed by atoms with Crippen molar-refractivity contribution in [2.75, 3.05) is 0 Å². The van der Waals surface area contributed by atoms with Crippen LogP contribution in [0.15, 0.2) is 12.1 Å². The number of carbonyl (C=O) groups is 3. The van der Waals surface area contributed by atoms with Gasteiger partial charge in [-0.05, 0) is 19.1 Å². The second kappa shape index (κ2) is 5.58. The molecule has 1 aromatic rings. The number of carbonyl (C=O) groups excluding carboxylic acids is 2. The molecule has 0 bridgehead atoms. The minimum absolute atomic E-state index is 0.227. The van der Waals surface area contributed by atoms with Gasteiger partial charge in [-0.25, -0.2) is 4.79 Å². The largest absolute Gasteiger partial charge is 0.480 e. The topological polar surface area (TPSA) is 83.5 Å². The van der Waals surface area contributed by atoms with E-state index in [0.29, 0.717) is 4.88 Å². The summed E-state index contributed by atoms with van der Waals surface area (Å²) in [7, 11) is 0. The molecule has 92 valence electrons. The first-order valence-corrected chi connectivity index (χ1v) is 5.81. The van der Waals surface area contributed by atoms with E-state index in [9.17, 15) is 14.4 Å². The van der Waals surface area contributed by atoms with Crippen molar-refractivity contribution in [2.24, 2.45) is 0 Å². The molecule has 5 nitrogen and oxygen atoms in total. The van der Waals surface area contributed by atoms with E-state index < -0.39 is 17.9 Å². The lowest BCUT2D eigenvalue weighted by atomic mass is 10.1. The summed E-state index contributed by atoms with van der Waals surface area (Å²) in [6.07, 6.45) is -0.227. The second-order valence-corrected chi connectivity index (χ2v) is 4.92. The summed E-state index contributed by atoms with van der Waals surface area (Å²) in [5, 5.41) is 11.1. The van der Waals surface area contributed by atoms with Crippen molar-refractivity contribution < 1.29 is 19.5 Å². The zero-order chi connectivity index (χ0) is 13.0. The number of carboxylic acid groups (broad SMARTS) is 1. The first kappa shape index (κ1) is 13.4. The molecular weight excluding hydrogens is 242 g/mol. The van der Waals surface area contributed by atoms with Gasteiger partial charge in [-0.2, -0.15) is 0 Å². The number of rotatable bonds is 5. The normalized spacial score (nSPS) is 11.9. The number of hydrogen-bond donors (Lipinski definition) is 2. The van der Waals surface area contributed by atoms with Gasteiger partial charge in [-0.3, -0.25) is 9.59 Å². The fraction of sp³-hybridized carbons (Fsp3) is 0.364. The van der Waals surface area contributed by atoms with Crippen LogP contribution in [-0.4, -0.2) is 28.8 Å². The molecule has 1 rings (SSSR count). The van der Waals surface area contributed by atoms with E-state index in [1.165, 1.54) is 18.3 Å². The van der Waals surface area contributed by atoms with Gasteiger partial charge < -0.3 is 10.4 Å². The lowest BCUT2D eigenvalue weighted by Crippen LogP contribution is -2.41. The molecule has 1 aromatic heterocycles. The molecular formula is C11H13NO4S. The Kier molecular flexibility index (Phi) is 4.39. The Balaban J connectivity index is 2.70. The van der Waals surface area contributed by atoms with Crippen LogP contribution < -0.4 is 5.32 Å². The van der Waals surface area contributed by atoms with Gasteiger partial charge in [0.05, 0.1) is 4.88 Å². The smallest absolute Gasteiger partial charge is 0.326 e. The second-order valence-electron chi connectivity index (χ2n) is 3.63. The highest BCUT2D eigenvalue weighted by Crippen LogP contribution is 2.17. The molecule has 1 amide bonds. The SMILES string of the molecule is CC(=O)NC(CC(=O)c1ccc(C)s1)C(=O)O. The minimum Gasteiger partial charge on any atom is -0.480 e. The van der Waals surface area contributed by atoms with Crippen LogP contribution in [-0.2, 0) is 9.59 Å². The Hall–Kier alpha value is -1.69. The number of carboxylic acids is 1. The van der Waals surface area contributed by atoms with E-state index in [-0.39, 0.29) is 12.2 Å². The molecule has 2 N–H and O–H groups in total. The fourth-order valence-corrected chi connectivity index (χ4v) is 2.13. The molecule has 0 radical (unpaired) electrons. The monoisotopic (exact) mass is 255 g/mol. The molecule has 17 heavy (non-hydrogen) atoms. The highest BCUT2D eigenvalue weighted by atomic mass is 32.1. The number of amides is 1. The summed E-state index contributed by atoms with van der Waals surface area (Å²) in [5.74, 6) is -1.95. The van der Waals surface area contributed by atoms with Crippen LogP contribution in [0.3, 0.4) is 0 Å². The number of aryl methyl sites for hydroxylation is 1. The minimum atomic E-state index is -1.21. The average Bonchev–Trinajstić information content (AvgIpc) is 2.63. The molecule has 0 aliphatic heterocycles. The number of aliphatic carboxylic acids is 1. The van der Waals surface area contributed by atoms with Crippen LogP contribution in [0.5, 0.6) is 0 Å². The van der Waals surface area contributed by atoms with E-state index in [1.807, 2.05) is 6.92 Å². The molecule has 0 saturated heterocycles. The predicted octanol–water partition coefficient (Wildman–Crippen LogP) is 1.22. The van der Waals surface area contributed by atoms with Gasteiger partial charge in [0.2, 0.25) is 5.91 Å². The predicted molar refractivity (Wildman–Crippen MR) is 63.2 cm³/mol. The van der Waals surface area contributed by atoms with Crippen LogP contribution in [0.4, 0.5) is 0 Å². The number of nitrogens with one attached hydrogen (secondary N) is 1. The van der Waals surface area contributed by atoms with Gasteiger partial charge in [0, 0.05) is 18.2 Å². The first-order valence-electron chi connectivity index (χ1n) is 4.99. The van der Waals surface area contributed by atoms with Gasteiger partial charge >= 0.3 is 5.97 Å². The highest BCUT2D eigenvalue weighted by molar-refractivity contribution is 7.14. The fourth-order valence-electron chi connectivity index (χ4n) is 1.32. The van der Waals surface area contributed by atoms with Crippen LogP contribution in [0.2, 0.25) is 0 Å². The lowest BCUT2D eigenvalue weighted by Gasteiger charge is -2.11. The van der Waals surface area contributed by atoms with E-state index in [0.717, 1.165) is 4.88 Å². The van der Waals surface area contributed by atoms with E-state index in [1.54, 1.807) is 12.1 Å². The third-order valence-electron chi connectivity index (χ3n) is 2.08. The van der Waals surface area contributed by atoms with Crippen molar-refractivity contribution in [3.05, 3.63) is 21.9 Å². The summed E-state index contributed by atoms with van der Waals surface area (Å²) in [6, 6.07) is 2.29. The van der Waals surface area contributed by atoms with Crippen LogP contribution in [0, 0.1) is 6.92 Å². The van der Waals surface area contributed by atoms with E-state index in [4.69, 9.17) is 5.11 Å². The number of hydrogen-bond acceptors (Lipinski definition) is 4. The zero-order valence-corrected chi connectivity index (χ0v) is 10.3. The van der Waals surface area contributed by atoms with Crippen molar-refractivity contribution in [1.29, 1.82) is 0 Å². The van der Waals surface area contributed by atoms with Gasteiger partial charge in [0.25, 0.3) is 0 Å². The zero-order valence-electron chi connectivity index (χ0n) is 9.52. The van der Waals surface area contributed by atoms with Crippen LogP contribution >= 0.6 is 11.3 Å². The lowest BCUT2D eigenvalue weighted by molar-refractivity contribution is -0.141. The molecule has 0 aliphatic carbocycles. The van der Waals surface area contributed by atoms with E-state index >= 15 is 0 Å². The summed E-state index contributed by atoms with van der Waals surface area (Å²) in [4.78, 5) is 34.9. The molecule has 0 aromatic carbocycles. The molecule has 6 heteroatoms. The number of Topliss-reactive ketones (excluding diaryl/α,β-unsaturated/α-hetero) is 1. The van der Waals surface area contributed by atoms with Crippen molar-refractivity contribution in [1.82, 2.24) is 5.32 Å². The third kappa shape index (κ3) is 3.99. The van der Waals surface area contributed by atoms with Crippen molar-refractivity contribution >= 4 is 29.0 Å². The average molecular weight is 255 g/mol. The van der Waals surface area contributed by atoms with Crippen LogP contribution in [0.1, 0.15) is 27.9 Å². The van der Waals surface area contributed by atoms with Gasteiger partial charge in [0.1, 0.15) is 6.04 Å². The molecule has 0 fully saturated rings. The summed E-state index contributed by atoms with van der Waals surface area (Å²) >= 11 is 1.31. The third-order valence-corrected chi connectivity index (χ3v) is 3.12. The molecule has 0 aliphatic rings. The van der Waals surface area contributed by atoms with E-state index in [2.05, 4.69) is 5.32 Å². The summed E-state index contributed by atoms with van der Waals surface area (Å²) in [6.45, 7) is 3.08. The first-order chi connectivity index (χ1) is 7.90. The highest BCUT2D eigenvalue weighted by Gasteiger charge is 2.23. The molecule has 1 atom stereocenters. The Bertz CT molecular complexity index is 452. The Morgan fingerprint density at radius 2 is 2.06 bits per heavy atom. The molecule has 0 spiro atoms. The maximum atomic E-state index is 11.8. The quantitative estimate of drug-likeness (QED) is 0.775. The standard InChI is InChI=1S/C11H13NO4S/c1-6-3-4-10(17-6)9(14)5-8(11(15)16)12-7(2)13/h3-4,8H,5H2,1-2H3,(H,12,13)(H,15,16). The summed E-state index contributed by atoms with van der Waals surface area (Å²) < 4.78 is 0. The van der Waals surface area contributed by atoms with Gasteiger partial charge in [0.15, 0.2) is 5.78 Å². The maximum absolute atomic E-state index is 11.8. The van der Waals surface area contributed by atoms with Crippen molar-refractivity contribution in [2.45, 2.75) is 26.3 Å². The maximum Gasteiger partial charge on any atom is 0.326 e. The molecule has 0 saturated carbocycles. The van der Waals surface area contributed by atoms with Crippen LogP contribution in [0.25, 0.3) is 0 Å². The van der Waals surface area contributed by atoms with Crippen molar-refractivity contribution in [3.8, 4) is 0 Å². The Morgan fingerprint density at radius 1 is 1.41 bits per heavy atom. The number of thiophene rings is 1. The summed E-state index contributed by atoms with van der Waals surface area (Å²) in [5.41, 5.74) is 0. The Labute approximate surface area is 102 Å². The van der Waals surface area contributed by atoms with Crippen molar-refractivity contribution in [3.63, 3.8) is 0 Å².